The number of hydrogen-bond donors (Lipinski definition) is 3. The highest BCUT2D eigenvalue weighted by molar-refractivity contribution is 5.81. The van der Waals surface area contributed by atoms with Gasteiger partial charge in [-0.2, -0.15) is 5.26 Å². The van der Waals surface area contributed by atoms with Gasteiger partial charge < -0.3 is 16.2 Å². The minimum absolute atomic E-state index is 0.190. The molecule has 0 heterocycles. The number of nitriles is 1. The Morgan fingerprint density at radius 1 is 1.37 bits per heavy atom. The summed E-state index contributed by atoms with van der Waals surface area (Å²) in [5, 5.41) is 20.3. The molecule has 0 saturated heterocycles. The third-order valence-electron chi connectivity index (χ3n) is 2.74. The van der Waals surface area contributed by atoms with Gasteiger partial charge in [-0.25, -0.2) is 0 Å². The van der Waals surface area contributed by atoms with Crippen molar-refractivity contribution in [1.82, 2.24) is 5.32 Å². The first kappa shape index (κ1) is 15.0. The van der Waals surface area contributed by atoms with Crippen molar-refractivity contribution in [2.45, 2.75) is 31.7 Å². The van der Waals surface area contributed by atoms with E-state index in [4.69, 9.17) is 16.1 Å². The van der Waals surface area contributed by atoms with Crippen molar-refractivity contribution in [2.75, 3.05) is 6.54 Å². The lowest BCUT2D eigenvalue weighted by atomic mass is 10.1. The summed E-state index contributed by atoms with van der Waals surface area (Å²) in [5.74, 6) is 0.00398. The van der Waals surface area contributed by atoms with Crippen LogP contribution in [0.2, 0.25) is 0 Å². The van der Waals surface area contributed by atoms with Gasteiger partial charge in [0.1, 0.15) is 5.75 Å². The van der Waals surface area contributed by atoms with E-state index >= 15 is 0 Å². The number of carbonyl (C=O) groups excluding carboxylic acids is 1. The third-order valence-corrected chi connectivity index (χ3v) is 2.74. The molecule has 5 heteroatoms. The Morgan fingerprint density at radius 2 is 2.05 bits per heavy atom. The van der Waals surface area contributed by atoms with E-state index in [-0.39, 0.29) is 11.7 Å². The van der Waals surface area contributed by atoms with Gasteiger partial charge in [-0.15, -0.1) is 0 Å². The van der Waals surface area contributed by atoms with Crippen molar-refractivity contribution in [1.29, 1.82) is 5.26 Å². The van der Waals surface area contributed by atoms with Crippen molar-refractivity contribution in [2.24, 2.45) is 5.73 Å². The molecule has 1 atom stereocenters. The smallest absolute Gasteiger partial charge is 0.237 e. The number of phenols is 1. The van der Waals surface area contributed by atoms with Gasteiger partial charge in [0.25, 0.3) is 0 Å². The number of aromatic hydroxyl groups is 1. The summed E-state index contributed by atoms with van der Waals surface area (Å²) in [6.45, 7) is 0.545. The zero-order chi connectivity index (χ0) is 14.1. The first-order chi connectivity index (χ1) is 9.13. The molecule has 0 saturated carbocycles. The second kappa shape index (κ2) is 8.11. The molecule has 1 rings (SSSR count). The molecule has 0 aliphatic rings. The lowest BCUT2D eigenvalue weighted by molar-refractivity contribution is -0.122. The Balaban J connectivity index is 2.28. The maximum atomic E-state index is 11.7. The monoisotopic (exact) mass is 261 g/mol. The topological polar surface area (TPSA) is 99.1 Å². The molecule has 0 radical (unpaired) electrons. The van der Waals surface area contributed by atoms with Gasteiger partial charge in [0.15, 0.2) is 0 Å². The molecule has 0 aromatic heterocycles. The number of unbranched alkanes of at least 4 members (excludes halogenated alkanes) is 2. The fourth-order valence-electron chi connectivity index (χ4n) is 1.65. The van der Waals surface area contributed by atoms with E-state index in [1.165, 1.54) is 0 Å². The molecule has 0 fully saturated rings. The number of amides is 1. The SMILES string of the molecule is N#CCCCCNC(=O)[C@@H](N)Cc1ccc(O)cc1. The maximum Gasteiger partial charge on any atom is 0.237 e. The minimum atomic E-state index is -0.597. The lowest BCUT2D eigenvalue weighted by Crippen LogP contribution is -2.42. The normalized spacial score (nSPS) is 11.6. The molecule has 0 bridgehead atoms. The minimum Gasteiger partial charge on any atom is -0.508 e. The summed E-state index contributed by atoms with van der Waals surface area (Å²) in [6.07, 6.45) is 2.51. The molecular weight excluding hydrogens is 242 g/mol. The Bertz CT molecular complexity index is 437. The average Bonchev–Trinajstić information content (AvgIpc) is 2.41. The molecule has 0 aliphatic carbocycles. The van der Waals surface area contributed by atoms with Gasteiger partial charge >= 0.3 is 0 Å². The molecule has 0 aliphatic heterocycles. The summed E-state index contributed by atoms with van der Waals surface area (Å²) >= 11 is 0. The summed E-state index contributed by atoms with van der Waals surface area (Å²) in [7, 11) is 0. The molecular formula is C14H19N3O2. The molecule has 1 aromatic carbocycles. The van der Waals surface area contributed by atoms with E-state index < -0.39 is 6.04 Å². The number of nitrogens with two attached hydrogens (primary N) is 1. The number of nitrogens with one attached hydrogen (secondary N) is 1. The van der Waals surface area contributed by atoms with Crippen LogP contribution in [0.5, 0.6) is 5.75 Å². The fourth-order valence-corrected chi connectivity index (χ4v) is 1.65. The zero-order valence-electron chi connectivity index (χ0n) is 10.8. The van der Waals surface area contributed by atoms with Gasteiger partial charge in [-0.3, -0.25) is 4.79 Å². The van der Waals surface area contributed by atoms with Gasteiger partial charge in [0.2, 0.25) is 5.91 Å². The van der Waals surface area contributed by atoms with E-state index in [0.717, 1.165) is 18.4 Å². The summed E-state index contributed by atoms with van der Waals surface area (Å²) in [6, 6.07) is 8.09. The molecule has 102 valence electrons. The zero-order valence-corrected chi connectivity index (χ0v) is 10.8. The molecule has 4 N–H and O–H groups in total. The summed E-state index contributed by atoms with van der Waals surface area (Å²) in [5.41, 5.74) is 6.71. The number of phenolic OH excluding ortho intramolecular Hbond substituents is 1. The van der Waals surface area contributed by atoms with Gasteiger partial charge in [-0.05, 0) is 37.0 Å². The van der Waals surface area contributed by atoms with Crippen LogP contribution < -0.4 is 11.1 Å². The standard InChI is InChI=1S/C14H19N3O2/c15-8-2-1-3-9-17-14(19)13(16)10-11-4-6-12(18)7-5-11/h4-7,13,18H,1-3,9-10,16H2,(H,17,19)/t13-/m0/s1. The molecule has 1 amide bonds. The van der Waals surface area contributed by atoms with Crippen molar-refractivity contribution >= 4 is 5.91 Å². The molecule has 1 aromatic rings. The van der Waals surface area contributed by atoms with Crippen LogP contribution in [0.4, 0.5) is 0 Å². The van der Waals surface area contributed by atoms with Crippen LogP contribution in [0.25, 0.3) is 0 Å². The third kappa shape index (κ3) is 5.89. The van der Waals surface area contributed by atoms with Crippen LogP contribution in [0.3, 0.4) is 0 Å². The largest absolute Gasteiger partial charge is 0.508 e. The Kier molecular flexibility index (Phi) is 6.41. The number of benzene rings is 1. The molecule has 0 unspecified atom stereocenters. The predicted molar refractivity (Wildman–Crippen MR) is 72.3 cm³/mol. The van der Waals surface area contributed by atoms with E-state index in [1.54, 1.807) is 24.3 Å². The first-order valence-corrected chi connectivity index (χ1v) is 6.31. The maximum absolute atomic E-state index is 11.7. The quantitative estimate of drug-likeness (QED) is 0.639. The Labute approximate surface area is 113 Å². The second-order valence-corrected chi connectivity index (χ2v) is 4.38. The fraction of sp³-hybridized carbons (Fsp3) is 0.429. The summed E-state index contributed by atoms with van der Waals surface area (Å²) in [4.78, 5) is 11.7. The average molecular weight is 261 g/mol. The first-order valence-electron chi connectivity index (χ1n) is 6.31. The summed E-state index contributed by atoms with van der Waals surface area (Å²) < 4.78 is 0. The van der Waals surface area contributed by atoms with E-state index in [1.807, 2.05) is 0 Å². The Hall–Kier alpha value is -2.06. The van der Waals surface area contributed by atoms with Crippen LogP contribution in [-0.2, 0) is 11.2 Å². The molecule has 0 spiro atoms. The van der Waals surface area contributed by atoms with Crippen LogP contribution in [0, 0.1) is 11.3 Å². The van der Waals surface area contributed by atoms with Crippen molar-refractivity contribution in [3.8, 4) is 11.8 Å². The van der Waals surface area contributed by atoms with Gasteiger partial charge in [0, 0.05) is 13.0 Å². The van der Waals surface area contributed by atoms with Crippen LogP contribution in [0.15, 0.2) is 24.3 Å². The highest BCUT2D eigenvalue weighted by Crippen LogP contribution is 2.10. The van der Waals surface area contributed by atoms with Crippen LogP contribution in [-0.4, -0.2) is 23.6 Å². The highest BCUT2D eigenvalue weighted by atomic mass is 16.3. The second-order valence-electron chi connectivity index (χ2n) is 4.38. The predicted octanol–water partition coefficient (Wildman–Crippen LogP) is 1.07. The van der Waals surface area contributed by atoms with Gasteiger partial charge in [-0.1, -0.05) is 12.1 Å². The van der Waals surface area contributed by atoms with Crippen LogP contribution in [0.1, 0.15) is 24.8 Å². The lowest BCUT2D eigenvalue weighted by Gasteiger charge is -2.12. The van der Waals surface area contributed by atoms with E-state index in [9.17, 15) is 4.79 Å². The molecule has 19 heavy (non-hydrogen) atoms. The Morgan fingerprint density at radius 3 is 2.68 bits per heavy atom. The number of nitrogens with zero attached hydrogens (tertiary/aromatic N) is 1. The van der Waals surface area contributed by atoms with Crippen molar-refractivity contribution in [3.05, 3.63) is 29.8 Å². The van der Waals surface area contributed by atoms with Crippen LogP contribution >= 0.6 is 0 Å². The molecule has 5 nitrogen and oxygen atoms in total. The number of hydrogen-bond acceptors (Lipinski definition) is 4. The van der Waals surface area contributed by atoms with Crippen molar-refractivity contribution in [3.63, 3.8) is 0 Å². The van der Waals surface area contributed by atoms with Crippen molar-refractivity contribution < 1.29 is 9.90 Å². The van der Waals surface area contributed by atoms with Gasteiger partial charge in [0.05, 0.1) is 12.1 Å². The van der Waals surface area contributed by atoms with E-state index in [0.29, 0.717) is 19.4 Å². The van der Waals surface area contributed by atoms with E-state index in [2.05, 4.69) is 11.4 Å². The highest BCUT2D eigenvalue weighted by Gasteiger charge is 2.13. The number of rotatable bonds is 7. The number of carbonyl (C=O) groups is 1.